The van der Waals surface area contributed by atoms with E-state index in [1.54, 1.807) is 60.7 Å². The number of halogens is 12. The van der Waals surface area contributed by atoms with Crippen molar-refractivity contribution in [2.45, 2.75) is 24.7 Å². The second kappa shape index (κ2) is 14.0. The first-order valence-corrected chi connectivity index (χ1v) is 17.3. The minimum Gasteiger partial charge on any atom is -0.309 e. The standard InChI is InChI=1S/C43H22F12N4/c44-40(45,46)25-11-15-29(34(19-25)43(53,54)55)33-22-28(59-35-20-26(41(47,48)49)12-16-30(35)31-17-13-27(21-36(31)59)42(50,51)52)14-18-32(33)39-57-37(23-7-3-1-4-8-23)56-38(58-39)24-9-5-2-6-10-24/h1-22H. The predicted octanol–water partition coefficient (Wildman–Crippen LogP) is 13.7. The van der Waals surface area contributed by atoms with Gasteiger partial charge in [-0.2, -0.15) is 52.7 Å². The molecule has 0 amide bonds. The van der Waals surface area contributed by atoms with Crippen LogP contribution in [0.2, 0.25) is 0 Å². The van der Waals surface area contributed by atoms with Crippen LogP contribution in [0.3, 0.4) is 0 Å². The molecule has 0 aliphatic heterocycles. The lowest BCUT2D eigenvalue weighted by Gasteiger charge is -2.20. The Balaban J connectivity index is 1.49. The molecule has 0 saturated carbocycles. The Morgan fingerprint density at radius 1 is 0.356 bits per heavy atom. The maximum Gasteiger partial charge on any atom is 0.417 e. The van der Waals surface area contributed by atoms with Crippen molar-refractivity contribution in [1.29, 1.82) is 0 Å². The van der Waals surface area contributed by atoms with Crippen molar-refractivity contribution >= 4 is 21.8 Å². The van der Waals surface area contributed by atoms with Gasteiger partial charge in [0, 0.05) is 33.2 Å². The lowest BCUT2D eigenvalue weighted by Crippen LogP contribution is -2.12. The number of nitrogens with zero attached hydrogens (tertiary/aromatic N) is 4. The molecule has 2 aromatic heterocycles. The van der Waals surface area contributed by atoms with Crippen LogP contribution in [0.1, 0.15) is 22.3 Å². The minimum absolute atomic E-state index is 0.0645. The van der Waals surface area contributed by atoms with Crippen molar-refractivity contribution < 1.29 is 52.7 Å². The van der Waals surface area contributed by atoms with Crippen molar-refractivity contribution in [2.75, 3.05) is 0 Å². The molecule has 8 rings (SSSR count). The van der Waals surface area contributed by atoms with Gasteiger partial charge in [-0.25, -0.2) is 15.0 Å². The minimum atomic E-state index is -5.40. The van der Waals surface area contributed by atoms with Gasteiger partial charge in [0.2, 0.25) is 0 Å². The molecule has 4 nitrogen and oxygen atoms in total. The number of aromatic nitrogens is 4. The van der Waals surface area contributed by atoms with Crippen molar-refractivity contribution in [3.8, 4) is 51.0 Å². The number of alkyl halides is 12. The van der Waals surface area contributed by atoms with Gasteiger partial charge < -0.3 is 4.57 Å². The molecule has 16 heteroatoms. The normalized spacial score (nSPS) is 12.7. The van der Waals surface area contributed by atoms with E-state index in [1.807, 2.05) is 0 Å². The third-order valence-corrected chi connectivity index (χ3v) is 9.57. The first kappa shape index (κ1) is 39.1. The Kier molecular flexibility index (Phi) is 9.28. The average Bonchev–Trinajstić information content (AvgIpc) is 3.53. The molecule has 2 heterocycles. The number of rotatable bonds is 5. The zero-order chi connectivity index (χ0) is 42.1. The van der Waals surface area contributed by atoms with E-state index in [2.05, 4.69) is 15.0 Å². The Labute approximate surface area is 325 Å². The summed E-state index contributed by atoms with van der Waals surface area (Å²) in [5, 5.41) is 0.158. The van der Waals surface area contributed by atoms with Gasteiger partial charge in [-0.15, -0.1) is 0 Å². The summed E-state index contributed by atoms with van der Waals surface area (Å²) < 4.78 is 172. The van der Waals surface area contributed by atoms with Gasteiger partial charge in [0.25, 0.3) is 0 Å². The molecule has 0 radical (unpaired) electrons. The van der Waals surface area contributed by atoms with Gasteiger partial charge in [-0.3, -0.25) is 0 Å². The van der Waals surface area contributed by atoms with Crippen LogP contribution >= 0.6 is 0 Å². The van der Waals surface area contributed by atoms with E-state index >= 15 is 0 Å². The van der Waals surface area contributed by atoms with E-state index in [9.17, 15) is 52.7 Å². The second-order valence-corrected chi connectivity index (χ2v) is 13.3. The number of benzene rings is 6. The lowest BCUT2D eigenvalue weighted by atomic mass is 9.92. The fourth-order valence-corrected chi connectivity index (χ4v) is 6.86. The Morgan fingerprint density at radius 2 is 0.780 bits per heavy atom. The molecule has 8 aromatic rings. The highest BCUT2D eigenvalue weighted by atomic mass is 19.4. The zero-order valence-electron chi connectivity index (χ0n) is 29.5. The summed E-state index contributed by atoms with van der Waals surface area (Å²) in [5.74, 6) is -0.113. The summed E-state index contributed by atoms with van der Waals surface area (Å²) in [6.45, 7) is 0. The monoisotopic (exact) mass is 822 g/mol. The molecule has 0 saturated heterocycles. The second-order valence-electron chi connectivity index (χ2n) is 13.3. The van der Waals surface area contributed by atoms with Gasteiger partial charge >= 0.3 is 24.7 Å². The van der Waals surface area contributed by atoms with Crippen molar-refractivity contribution in [3.63, 3.8) is 0 Å². The average molecular weight is 823 g/mol. The summed E-state index contributed by atoms with van der Waals surface area (Å²) in [5.41, 5.74) is -6.93. The Hall–Kier alpha value is -6.71. The van der Waals surface area contributed by atoms with E-state index in [1.165, 1.54) is 12.1 Å². The molecule has 0 unspecified atom stereocenters. The van der Waals surface area contributed by atoms with Gasteiger partial charge in [0.05, 0.1) is 33.3 Å². The van der Waals surface area contributed by atoms with Crippen LogP contribution in [0.5, 0.6) is 0 Å². The van der Waals surface area contributed by atoms with Crippen LogP contribution in [0, 0.1) is 0 Å². The maximum atomic E-state index is 14.9. The highest BCUT2D eigenvalue weighted by molar-refractivity contribution is 6.10. The van der Waals surface area contributed by atoms with Gasteiger partial charge in [0.1, 0.15) is 0 Å². The first-order chi connectivity index (χ1) is 27.8. The molecule has 0 fully saturated rings. The molecule has 0 aliphatic rings. The van der Waals surface area contributed by atoms with E-state index in [0.29, 0.717) is 35.4 Å². The van der Waals surface area contributed by atoms with Crippen molar-refractivity contribution in [3.05, 3.63) is 156 Å². The SMILES string of the molecule is FC(F)(F)c1ccc(-c2cc(-n3c4cc(C(F)(F)F)ccc4c4ccc(C(F)(F)F)cc43)ccc2-c2nc(-c3ccccc3)nc(-c3ccccc3)n2)c(C(F)(F)F)c1. The molecule has 0 atom stereocenters. The van der Waals surface area contributed by atoms with Gasteiger partial charge in [-0.1, -0.05) is 78.9 Å². The van der Waals surface area contributed by atoms with Crippen LogP contribution in [0.25, 0.3) is 72.8 Å². The number of fused-ring (bicyclic) bond motifs is 3. The lowest BCUT2D eigenvalue weighted by molar-refractivity contribution is -0.143. The summed E-state index contributed by atoms with van der Waals surface area (Å²) in [6, 6.07) is 26.2. The first-order valence-electron chi connectivity index (χ1n) is 17.3. The highest BCUT2D eigenvalue weighted by Gasteiger charge is 2.39. The van der Waals surface area contributed by atoms with Crippen LogP contribution in [-0.2, 0) is 24.7 Å². The fraction of sp³-hybridized carbons (Fsp3) is 0.0930. The molecule has 0 aliphatic carbocycles. The number of hydrogen-bond acceptors (Lipinski definition) is 3. The van der Waals surface area contributed by atoms with Gasteiger partial charge in [0.15, 0.2) is 17.5 Å². The van der Waals surface area contributed by atoms with Crippen LogP contribution < -0.4 is 0 Å². The molecule has 59 heavy (non-hydrogen) atoms. The van der Waals surface area contributed by atoms with Crippen LogP contribution in [0.15, 0.2) is 133 Å². The van der Waals surface area contributed by atoms with E-state index < -0.39 is 58.1 Å². The molecule has 0 spiro atoms. The van der Waals surface area contributed by atoms with E-state index in [-0.39, 0.29) is 56.6 Å². The van der Waals surface area contributed by atoms with Crippen LogP contribution in [0.4, 0.5) is 52.7 Å². The van der Waals surface area contributed by atoms with Crippen molar-refractivity contribution in [1.82, 2.24) is 19.5 Å². The number of hydrogen-bond donors (Lipinski definition) is 0. The quantitative estimate of drug-likeness (QED) is 0.162. The summed E-state index contributed by atoms with van der Waals surface area (Å²) in [7, 11) is 0. The summed E-state index contributed by atoms with van der Waals surface area (Å²) >= 11 is 0. The third-order valence-electron chi connectivity index (χ3n) is 9.57. The molecule has 0 N–H and O–H groups in total. The molecule has 298 valence electrons. The third kappa shape index (κ3) is 7.45. The molecule has 6 aromatic carbocycles. The highest BCUT2D eigenvalue weighted by Crippen LogP contribution is 2.46. The van der Waals surface area contributed by atoms with E-state index in [4.69, 9.17) is 0 Å². The topological polar surface area (TPSA) is 43.6 Å². The summed E-state index contributed by atoms with van der Waals surface area (Å²) in [6.07, 6.45) is -20.4. The summed E-state index contributed by atoms with van der Waals surface area (Å²) in [4.78, 5) is 13.7. The predicted molar refractivity (Wildman–Crippen MR) is 196 cm³/mol. The Morgan fingerprint density at radius 3 is 1.24 bits per heavy atom. The smallest absolute Gasteiger partial charge is 0.309 e. The largest absolute Gasteiger partial charge is 0.417 e. The van der Waals surface area contributed by atoms with Crippen LogP contribution in [-0.4, -0.2) is 19.5 Å². The fourth-order valence-electron chi connectivity index (χ4n) is 6.86. The van der Waals surface area contributed by atoms with Crippen molar-refractivity contribution in [2.24, 2.45) is 0 Å². The molecular weight excluding hydrogens is 800 g/mol. The maximum absolute atomic E-state index is 14.9. The molecular formula is C43H22F12N4. The molecule has 0 bridgehead atoms. The Bertz CT molecular complexity index is 2750. The van der Waals surface area contributed by atoms with Gasteiger partial charge in [-0.05, 0) is 65.7 Å². The zero-order valence-corrected chi connectivity index (χ0v) is 29.5. The van der Waals surface area contributed by atoms with E-state index in [0.717, 1.165) is 34.9 Å².